The van der Waals surface area contributed by atoms with Gasteiger partial charge in [-0.3, -0.25) is 0 Å². The van der Waals surface area contributed by atoms with Gasteiger partial charge in [0.2, 0.25) is 0 Å². The fourth-order valence-electron chi connectivity index (χ4n) is 1.94. The minimum atomic E-state index is 0.738. The molecule has 0 aromatic rings. The highest BCUT2D eigenvalue weighted by molar-refractivity contribution is 4.98. The molecule has 1 unspecified atom stereocenters. The van der Waals surface area contributed by atoms with Gasteiger partial charge in [-0.15, -0.1) is 0 Å². The van der Waals surface area contributed by atoms with Crippen molar-refractivity contribution in [2.45, 2.75) is 64.5 Å². The van der Waals surface area contributed by atoms with Crippen LogP contribution in [0.3, 0.4) is 0 Å². The van der Waals surface area contributed by atoms with Crippen LogP contribution in [-0.4, -0.2) is 12.1 Å². The molecule has 0 saturated carbocycles. The molecule has 0 saturated heterocycles. The summed E-state index contributed by atoms with van der Waals surface area (Å²) in [6.07, 6.45) is 12.4. The molecule has 0 radical (unpaired) electrons. The number of hydrogen-bond donors (Lipinski definition) is 1. The first-order valence-corrected chi connectivity index (χ1v) is 5.77. The van der Waals surface area contributed by atoms with Crippen molar-refractivity contribution >= 4 is 0 Å². The van der Waals surface area contributed by atoms with Gasteiger partial charge in [0.15, 0.2) is 0 Å². The fraction of sp³-hybridized carbons (Fsp3) is 0.833. The van der Waals surface area contributed by atoms with Crippen molar-refractivity contribution in [3.05, 3.63) is 12.2 Å². The molecule has 0 amide bonds. The highest BCUT2D eigenvalue weighted by atomic mass is 14.9. The number of hydrogen-bond acceptors (Lipinski definition) is 1. The van der Waals surface area contributed by atoms with Crippen molar-refractivity contribution in [1.82, 2.24) is 5.32 Å². The predicted octanol–water partition coefficient (Wildman–Crippen LogP) is 3.26. The Morgan fingerprint density at radius 1 is 1.31 bits per heavy atom. The summed E-state index contributed by atoms with van der Waals surface area (Å²) in [6, 6.07) is 1.49. The molecule has 0 heterocycles. The van der Waals surface area contributed by atoms with Crippen molar-refractivity contribution in [3.8, 4) is 0 Å². The van der Waals surface area contributed by atoms with E-state index in [1.54, 1.807) is 0 Å². The summed E-state index contributed by atoms with van der Waals surface area (Å²) in [5.74, 6) is 0. The maximum absolute atomic E-state index is 3.74. The number of unbranched alkanes of at least 4 members (excludes halogenated alkanes) is 1. The standard InChI is InChI=1S/C12H23N/c1-3-5-8-11(4-2)13-12-9-6-7-10-12/h6-7,11-13H,3-5,8-10H2,1-2H3. The summed E-state index contributed by atoms with van der Waals surface area (Å²) in [7, 11) is 0. The Balaban J connectivity index is 2.14. The first-order valence-electron chi connectivity index (χ1n) is 5.77. The van der Waals surface area contributed by atoms with Gasteiger partial charge in [0.05, 0.1) is 0 Å². The van der Waals surface area contributed by atoms with Gasteiger partial charge in [-0.25, -0.2) is 0 Å². The molecule has 13 heavy (non-hydrogen) atoms. The third-order valence-electron chi connectivity index (χ3n) is 2.88. The first kappa shape index (κ1) is 10.8. The highest BCUT2D eigenvalue weighted by Gasteiger charge is 2.13. The van der Waals surface area contributed by atoms with Crippen LogP contribution in [0, 0.1) is 0 Å². The molecule has 1 rings (SSSR count). The maximum atomic E-state index is 3.74. The van der Waals surface area contributed by atoms with Crippen LogP contribution in [0.4, 0.5) is 0 Å². The molecule has 1 heteroatoms. The molecule has 1 nitrogen and oxygen atoms in total. The van der Waals surface area contributed by atoms with E-state index in [0.717, 1.165) is 12.1 Å². The molecular formula is C12H23N. The van der Waals surface area contributed by atoms with Crippen molar-refractivity contribution in [1.29, 1.82) is 0 Å². The molecule has 1 aliphatic carbocycles. The van der Waals surface area contributed by atoms with Gasteiger partial charge in [0.25, 0.3) is 0 Å². The van der Waals surface area contributed by atoms with Crippen LogP contribution < -0.4 is 5.32 Å². The zero-order valence-corrected chi connectivity index (χ0v) is 9.05. The van der Waals surface area contributed by atoms with Gasteiger partial charge >= 0.3 is 0 Å². The molecule has 0 aliphatic heterocycles. The Bertz CT molecular complexity index is 143. The zero-order valence-electron chi connectivity index (χ0n) is 9.05. The molecule has 0 fully saturated rings. The molecule has 1 atom stereocenters. The van der Waals surface area contributed by atoms with Crippen LogP contribution >= 0.6 is 0 Å². The molecule has 0 bridgehead atoms. The largest absolute Gasteiger partial charge is 0.311 e. The summed E-state index contributed by atoms with van der Waals surface area (Å²) in [5, 5.41) is 3.74. The Morgan fingerprint density at radius 3 is 2.54 bits per heavy atom. The lowest BCUT2D eigenvalue weighted by Crippen LogP contribution is -2.36. The average molecular weight is 181 g/mol. The van der Waals surface area contributed by atoms with E-state index in [4.69, 9.17) is 0 Å². The SMILES string of the molecule is CCCCC(CC)NC1CC=CC1. The Kier molecular flexibility index (Phi) is 5.14. The second-order valence-corrected chi connectivity index (χ2v) is 4.05. The molecular weight excluding hydrogens is 158 g/mol. The predicted molar refractivity (Wildman–Crippen MR) is 58.9 cm³/mol. The second-order valence-electron chi connectivity index (χ2n) is 4.05. The smallest absolute Gasteiger partial charge is 0.0139 e. The van der Waals surface area contributed by atoms with Crippen molar-refractivity contribution in [3.63, 3.8) is 0 Å². The fourth-order valence-corrected chi connectivity index (χ4v) is 1.94. The van der Waals surface area contributed by atoms with Crippen LogP contribution in [0.1, 0.15) is 52.4 Å². The monoisotopic (exact) mass is 181 g/mol. The summed E-state index contributed by atoms with van der Waals surface area (Å²) >= 11 is 0. The van der Waals surface area contributed by atoms with Gasteiger partial charge in [0.1, 0.15) is 0 Å². The van der Waals surface area contributed by atoms with Crippen LogP contribution in [0.2, 0.25) is 0 Å². The lowest BCUT2D eigenvalue weighted by atomic mass is 10.1. The lowest BCUT2D eigenvalue weighted by Gasteiger charge is -2.21. The van der Waals surface area contributed by atoms with Gasteiger partial charge < -0.3 is 5.32 Å². The van der Waals surface area contributed by atoms with Crippen LogP contribution in [0.5, 0.6) is 0 Å². The van der Waals surface area contributed by atoms with E-state index in [0.29, 0.717) is 0 Å². The summed E-state index contributed by atoms with van der Waals surface area (Å²) in [5.41, 5.74) is 0. The van der Waals surface area contributed by atoms with E-state index in [1.807, 2.05) is 0 Å². The van der Waals surface area contributed by atoms with E-state index < -0.39 is 0 Å². The Hall–Kier alpha value is -0.300. The van der Waals surface area contributed by atoms with E-state index in [1.165, 1.54) is 38.5 Å². The van der Waals surface area contributed by atoms with Crippen LogP contribution in [0.15, 0.2) is 12.2 Å². The third kappa shape index (κ3) is 3.95. The molecule has 0 spiro atoms. The minimum absolute atomic E-state index is 0.738. The lowest BCUT2D eigenvalue weighted by molar-refractivity contribution is 0.398. The topological polar surface area (TPSA) is 12.0 Å². The quantitative estimate of drug-likeness (QED) is 0.620. The maximum Gasteiger partial charge on any atom is 0.0139 e. The van der Waals surface area contributed by atoms with E-state index in [9.17, 15) is 0 Å². The first-order chi connectivity index (χ1) is 6.36. The van der Waals surface area contributed by atoms with Crippen LogP contribution in [-0.2, 0) is 0 Å². The minimum Gasteiger partial charge on any atom is -0.311 e. The van der Waals surface area contributed by atoms with Gasteiger partial charge in [0, 0.05) is 12.1 Å². The number of nitrogens with one attached hydrogen (secondary N) is 1. The molecule has 0 aromatic heterocycles. The number of rotatable bonds is 6. The van der Waals surface area contributed by atoms with Gasteiger partial charge in [-0.1, -0.05) is 38.8 Å². The highest BCUT2D eigenvalue weighted by Crippen LogP contribution is 2.13. The average Bonchev–Trinajstić information content (AvgIpc) is 2.64. The third-order valence-corrected chi connectivity index (χ3v) is 2.88. The van der Waals surface area contributed by atoms with E-state index in [-0.39, 0.29) is 0 Å². The zero-order chi connectivity index (χ0) is 9.52. The molecule has 76 valence electrons. The summed E-state index contributed by atoms with van der Waals surface area (Å²) in [6.45, 7) is 4.56. The Morgan fingerprint density at radius 2 is 2.00 bits per heavy atom. The summed E-state index contributed by atoms with van der Waals surface area (Å²) < 4.78 is 0. The van der Waals surface area contributed by atoms with Crippen molar-refractivity contribution in [2.24, 2.45) is 0 Å². The molecule has 0 aromatic carbocycles. The van der Waals surface area contributed by atoms with Gasteiger partial charge in [-0.2, -0.15) is 0 Å². The molecule has 1 aliphatic rings. The van der Waals surface area contributed by atoms with Gasteiger partial charge in [-0.05, 0) is 25.7 Å². The van der Waals surface area contributed by atoms with Crippen molar-refractivity contribution < 1.29 is 0 Å². The molecule has 1 N–H and O–H groups in total. The second kappa shape index (κ2) is 6.20. The van der Waals surface area contributed by atoms with Crippen molar-refractivity contribution in [2.75, 3.05) is 0 Å². The van der Waals surface area contributed by atoms with E-state index >= 15 is 0 Å². The van der Waals surface area contributed by atoms with Crippen LogP contribution in [0.25, 0.3) is 0 Å². The Labute approximate surface area is 82.6 Å². The normalized spacial score (nSPS) is 19.5. The van der Waals surface area contributed by atoms with E-state index in [2.05, 4.69) is 31.3 Å². The summed E-state index contributed by atoms with van der Waals surface area (Å²) in [4.78, 5) is 0.